The first-order valence-electron chi connectivity index (χ1n) is 8.11. The van der Waals surface area contributed by atoms with Crippen LogP contribution in [0.15, 0.2) is 47.6 Å². The predicted octanol–water partition coefficient (Wildman–Crippen LogP) is 3.28. The molecular formula is C19H24N4O3. The molecule has 26 heavy (non-hydrogen) atoms. The highest BCUT2D eigenvalue weighted by atomic mass is 16.6. The van der Waals surface area contributed by atoms with E-state index in [1.807, 2.05) is 50.2 Å². The lowest BCUT2D eigenvalue weighted by atomic mass is 10.1. The van der Waals surface area contributed by atoms with Crippen molar-refractivity contribution in [2.24, 2.45) is 11.0 Å². The Bertz CT molecular complexity index is 803. The molecule has 0 aliphatic heterocycles. The van der Waals surface area contributed by atoms with Crippen molar-refractivity contribution in [3.8, 4) is 5.75 Å². The molecule has 0 spiro atoms. The van der Waals surface area contributed by atoms with Crippen LogP contribution in [-0.2, 0) is 11.4 Å². The number of hydrazine groups is 1. The standard InChI is InChI=1S/C19H24N4O3/c1-13-11-15(14(2)22-25-4)9-10-18(13)26-12-16-7-5-6-8-17(16)21-19(24)23(3)20/h5-11H,12,20H2,1-4H3,(H,21,24). The monoisotopic (exact) mass is 356 g/mol. The van der Waals surface area contributed by atoms with Crippen LogP contribution in [0.25, 0.3) is 0 Å². The summed E-state index contributed by atoms with van der Waals surface area (Å²) in [6.45, 7) is 4.16. The maximum atomic E-state index is 11.8. The summed E-state index contributed by atoms with van der Waals surface area (Å²) in [5.74, 6) is 6.21. The SMILES string of the molecule is CON=C(C)c1ccc(OCc2ccccc2NC(=O)N(C)N)c(C)c1. The van der Waals surface area contributed by atoms with Crippen molar-refractivity contribution in [3.63, 3.8) is 0 Å². The minimum Gasteiger partial charge on any atom is -0.489 e. The van der Waals surface area contributed by atoms with E-state index >= 15 is 0 Å². The van der Waals surface area contributed by atoms with Crippen LogP contribution in [0.4, 0.5) is 10.5 Å². The molecule has 0 heterocycles. The number of benzene rings is 2. The predicted molar refractivity (Wildman–Crippen MR) is 102 cm³/mol. The Morgan fingerprint density at radius 1 is 1.27 bits per heavy atom. The second-order valence-corrected chi connectivity index (χ2v) is 5.83. The van der Waals surface area contributed by atoms with E-state index in [4.69, 9.17) is 15.4 Å². The number of nitrogens with zero attached hydrogens (tertiary/aromatic N) is 2. The summed E-state index contributed by atoms with van der Waals surface area (Å²) >= 11 is 0. The van der Waals surface area contributed by atoms with Gasteiger partial charge in [0.15, 0.2) is 0 Å². The van der Waals surface area contributed by atoms with E-state index < -0.39 is 6.03 Å². The number of hydrogen-bond acceptors (Lipinski definition) is 5. The number of nitrogens with two attached hydrogens (primary N) is 1. The number of urea groups is 1. The number of oxime groups is 1. The molecule has 0 atom stereocenters. The van der Waals surface area contributed by atoms with Crippen molar-refractivity contribution in [1.82, 2.24) is 5.01 Å². The van der Waals surface area contributed by atoms with Gasteiger partial charge in [0.2, 0.25) is 0 Å². The molecule has 7 heteroatoms. The van der Waals surface area contributed by atoms with E-state index in [0.29, 0.717) is 12.3 Å². The fourth-order valence-corrected chi connectivity index (χ4v) is 2.35. The van der Waals surface area contributed by atoms with Crippen molar-refractivity contribution < 1.29 is 14.4 Å². The van der Waals surface area contributed by atoms with E-state index in [-0.39, 0.29) is 0 Å². The Kier molecular flexibility index (Phi) is 6.57. The first-order valence-corrected chi connectivity index (χ1v) is 8.11. The topological polar surface area (TPSA) is 89.2 Å². The highest BCUT2D eigenvalue weighted by Crippen LogP contribution is 2.23. The zero-order valence-corrected chi connectivity index (χ0v) is 15.4. The van der Waals surface area contributed by atoms with Gasteiger partial charge in [-0.15, -0.1) is 0 Å². The van der Waals surface area contributed by atoms with Crippen LogP contribution >= 0.6 is 0 Å². The minimum absolute atomic E-state index is 0.316. The zero-order chi connectivity index (χ0) is 19.1. The van der Waals surface area contributed by atoms with E-state index in [0.717, 1.165) is 33.2 Å². The molecule has 0 saturated carbocycles. The molecule has 0 radical (unpaired) electrons. The second kappa shape index (κ2) is 8.87. The fraction of sp³-hybridized carbons (Fsp3) is 0.263. The number of hydrogen-bond donors (Lipinski definition) is 2. The largest absolute Gasteiger partial charge is 0.489 e. The van der Waals surface area contributed by atoms with Crippen LogP contribution < -0.4 is 15.9 Å². The number of carbonyl (C=O) groups excluding carboxylic acids is 1. The Hall–Kier alpha value is -3.06. The molecule has 3 N–H and O–H groups in total. The third-order valence-electron chi connectivity index (χ3n) is 3.78. The number of rotatable bonds is 6. The van der Waals surface area contributed by atoms with Gasteiger partial charge in [-0.2, -0.15) is 0 Å². The number of anilines is 1. The van der Waals surface area contributed by atoms with E-state index in [9.17, 15) is 4.79 Å². The molecule has 0 saturated heterocycles. The van der Waals surface area contributed by atoms with Gasteiger partial charge in [0, 0.05) is 18.3 Å². The van der Waals surface area contributed by atoms with E-state index in [2.05, 4.69) is 10.5 Å². The number of carbonyl (C=O) groups is 1. The lowest BCUT2D eigenvalue weighted by molar-refractivity contribution is 0.213. The molecule has 0 bridgehead atoms. The van der Waals surface area contributed by atoms with Crippen molar-refractivity contribution in [2.75, 3.05) is 19.5 Å². The Balaban J connectivity index is 2.12. The highest BCUT2D eigenvalue weighted by molar-refractivity contribution is 5.98. The van der Waals surface area contributed by atoms with Crippen LogP contribution in [0.5, 0.6) is 5.75 Å². The fourth-order valence-electron chi connectivity index (χ4n) is 2.35. The average molecular weight is 356 g/mol. The smallest absolute Gasteiger partial charge is 0.335 e. The lowest BCUT2D eigenvalue weighted by Crippen LogP contribution is -2.37. The summed E-state index contributed by atoms with van der Waals surface area (Å²) in [7, 11) is 3.00. The summed E-state index contributed by atoms with van der Waals surface area (Å²) in [6.07, 6.45) is 0. The summed E-state index contributed by atoms with van der Waals surface area (Å²) < 4.78 is 5.93. The molecule has 2 amide bonds. The molecule has 7 nitrogen and oxygen atoms in total. The molecule has 0 aliphatic rings. The number of amides is 2. The van der Waals surface area contributed by atoms with Gasteiger partial charge in [-0.1, -0.05) is 23.4 Å². The minimum atomic E-state index is -0.397. The number of aryl methyl sites for hydroxylation is 1. The Morgan fingerprint density at radius 2 is 2.00 bits per heavy atom. The van der Waals surface area contributed by atoms with Gasteiger partial charge in [-0.25, -0.2) is 10.6 Å². The zero-order valence-electron chi connectivity index (χ0n) is 15.4. The van der Waals surface area contributed by atoms with Crippen LogP contribution in [0.2, 0.25) is 0 Å². The summed E-state index contributed by atoms with van der Waals surface area (Å²) in [4.78, 5) is 16.6. The molecule has 2 rings (SSSR count). The summed E-state index contributed by atoms with van der Waals surface area (Å²) in [5, 5.41) is 7.68. The summed E-state index contributed by atoms with van der Waals surface area (Å²) in [6, 6.07) is 12.8. The van der Waals surface area contributed by atoms with Gasteiger partial charge in [-0.05, 0) is 49.2 Å². The first kappa shape index (κ1) is 19.3. The van der Waals surface area contributed by atoms with Crippen molar-refractivity contribution in [2.45, 2.75) is 20.5 Å². The maximum Gasteiger partial charge on any atom is 0.335 e. The number of para-hydroxylation sites is 1. The molecule has 0 unspecified atom stereocenters. The van der Waals surface area contributed by atoms with E-state index in [1.165, 1.54) is 14.2 Å². The quantitative estimate of drug-likeness (QED) is 0.360. The molecule has 0 fully saturated rings. The van der Waals surface area contributed by atoms with Crippen molar-refractivity contribution in [3.05, 3.63) is 59.2 Å². The molecule has 2 aromatic carbocycles. The van der Waals surface area contributed by atoms with Crippen LogP contribution in [0.3, 0.4) is 0 Å². The van der Waals surface area contributed by atoms with E-state index in [1.54, 1.807) is 6.07 Å². The highest BCUT2D eigenvalue weighted by Gasteiger charge is 2.10. The molecule has 2 aromatic rings. The third kappa shape index (κ3) is 4.97. The Morgan fingerprint density at radius 3 is 2.65 bits per heavy atom. The average Bonchev–Trinajstić information content (AvgIpc) is 2.61. The molecule has 0 aliphatic carbocycles. The van der Waals surface area contributed by atoms with Gasteiger partial charge >= 0.3 is 6.03 Å². The summed E-state index contributed by atoms with van der Waals surface area (Å²) in [5.41, 5.74) is 4.25. The molecule has 138 valence electrons. The lowest BCUT2D eigenvalue weighted by Gasteiger charge is -2.16. The third-order valence-corrected chi connectivity index (χ3v) is 3.78. The van der Waals surface area contributed by atoms with Gasteiger partial charge in [0.05, 0.1) is 5.71 Å². The normalized spacial score (nSPS) is 11.0. The van der Waals surface area contributed by atoms with Gasteiger partial charge in [0.1, 0.15) is 19.5 Å². The second-order valence-electron chi connectivity index (χ2n) is 5.83. The first-order chi connectivity index (χ1) is 12.4. The van der Waals surface area contributed by atoms with Crippen molar-refractivity contribution >= 4 is 17.4 Å². The Labute approximate surface area is 153 Å². The van der Waals surface area contributed by atoms with Crippen LogP contribution in [0, 0.1) is 6.92 Å². The van der Waals surface area contributed by atoms with Gasteiger partial charge < -0.3 is 14.9 Å². The van der Waals surface area contributed by atoms with Gasteiger partial charge in [-0.3, -0.25) is 5.01 Å². The van der Waals surface area contributed by atoms with Crippen LogP contribution in [0.1, 0.15) is 23.6 Å². The molecule has 0 aromatic heterocycles. The van der Waals surface area contributed by atoms with Crippen molar-refractivity contribution in [1.29, 1.82) is 0 Å². The number of ether oxygens (including phenoxy) is 1. The van der Waals surface area contributed by atoms with Gasteiger partial charge in [0.25, 0.3) is 0 Å². The maximum absolute atomic E-state index is 11.8. The molecular weight excluding hydrogens is 332 g/mol. The number of nitrogens with one attached hydrogen (secondary N) is 1. The van der Waals surface area contributed by atoms with Crippen LogP contribution in [-0.4, -0.2) is 30.9 Å².